The maximum atomic E-state index is 12.2. The summed E-state index contributed by atoms with van der Waals surface area (Å²) in [5, 5.41) is 9.42. The van der Waals surface area contributed by atoms with Crippen LogP contribution in [-0.2, 0) is 11.2 Å². The van der Waals surface area contributed by atoms with Crippen molar-refractivity contribution in [2.24, 2.45) is 0 Å². The molecule has 1 aromatic carbocycles. The predicted molar refractivity (Wildman–Crippen MR) is 90.6 cm³/mol. The Balaban J connectivity index is 1.97. The maximum absolute atomic E-state index is 12.2. The average Bonchev–Trinajstić information content (AvgIpc) is 2.54. The zero-order valence-corrected chi connectivity index (χ0v) is 13.8. The Kier molecular flexibility index (Phi) is 6.22. The molecule has 7 heteroatoms. The smallest absolute Gasteiger partial charge is 0.273 e. The molecule has 0 unspecified atom stereocenters. The Bertz CT molecular complexity index is 754. The van der Waals surface area contributed by atoms with Crippen molar-refractivity contribution in [3.63, 3.8) is 0 Å². The van der Waals surface area contributed by atoms with Crippen LogP contribution in [0.4, 0.5) is 0 Å². The first-order valence-electron chi connectivity index (χ1n) is 7.62. The second kappa shape index (κ2) is 8.38. The van der Waals surface area contributed by atoms with Crippen LogP contribution in [0.25, 0.3) is 0 Å². The van der Waals surface area contributed by atoms with Crippen LogP contribution >= 0.6 is 12.2 Å². The van der Waals surface area contributed by atoms with Crippen LogP contribution in [0.3, 0.4) is 0 Å². The second-order valence-electron chi connectivity index (χ2n) is 5.27. The lowest BCUT2D eigenvalue weighted by Crippen LogP contribution is -2.29. The van der Waals surface area contributed by atoms with Gasteiger partial charge in [0.05, 0.1) is 6.04 Å². The van der Waals surface area contributed by atoms with Crippen LogP contribution < -0.4 is 10.9 Å². The molecule has 2 rings (SSSR count). The lowest BCUT2D eigenvalue weighted by atomic mass is 10.0. The van der Waals surface area contributed by atoms with E-state index in [-0.39, 0.29) is 40.8 Å². The van der Waals surface area contributed by atoms with E-state index in [4.69, 9.17) is 12.2 Å². The van der Waals surface area contributed by atoms with Gasteiger partial charge in [0.15, 0.2) is 4.77 Å². The predicted octanol–water partition coefficient (Wildman–Crippen LogP) is 2.42. The SMILES string of the molecule is CCC[C@@H](NC(=O)CCc1n[nH]c(=S)[nH]c1=O)c1ccccc1. The minimum absolute atomic E-state index is 0.0125. The van der Waals surface area contributed by atoms with Crippen LogP contribution in [0.2, 0.25) is 0 Å². The highest BCUT2D eigenvalue weighted by Gasteiger charge is 2.14. The van der Waals surface area contributed by atoms with Gasteiger partial charge in [-0.2, -0.15) is 5.10 Å². The largest absolute Gasteiger partial charge is 0.349 e. The molecule has 2 aromatic rings. The summed E-state index contributed by atoms with van der Waals surface area (Å²) < 4.78 is 0.176. The fourth-order valence-electron chi connectivity index (χ4n) is 2.34. The lowest BCUT2D eigenvalue weighted by molar-refractivity contribution is -0.121. The molecule has 0 saturated heterocycles. The minimum Gasteiger partial charge on any atom is -0.349 e. The number of aryl methyl sites for hydroxylation is 1. The van der Waals surface area contributed by atoms with Gasteiger partial charge in [-0.3, -0.25) is 19.7 Å². The van der Waals surface area contributed by atoms with Crippen LogP contribution in [0, 0.1) is 4.77 Å². The van der Waals surface area contributed by atoms with E-state index in [1.807, 2.05) is 30.3 Å². The third-order valence-corrected chi connectivity index (χ3v) is 3.68. The van der Waals surface area contributed by atoms with Crippen molar-refractivity contribution in [3.05, 3.63) is 56.7 Å². The van der Waals surface area contributed by atoms with Crippen molar-refractivity contribution in [2.75, 3.05) is 0 Å². The highest BCUT2D eigenvalue weighted by molar-refractivity contribution is 7.71. The van der Waals surface area contributed by atoms with E-state index in [0.717, 1.165) is 18.4 Å². The monoisotopic (exact) mass is 332 g/mol. The Morgan fingerprint density at radius 2 is 2.09 bits per heavy atom. The summed E-state index contributed by atoms with van der Waals surface area (Å²) in [6.07, 6.45) is 2.30. The molecule has 3 N–H and O–H groups in total. The summed E-state index contributed by atoms with van der Waals surface area (Å²) in [5.74, 6) is -0.101. The van der Waals surface area contributed by atoms with Gasteiger partial charge in [-0.25, -0.2) is 0 Å². The molecule has 0 saturated carbocycles. The van der Waals surface area contributed by atoms with Gasteiger partial charge in [-0.15, -0.1) is 0 Å². The van der Waals surface area contributed by atoms with Gasteiger partial charge in [-0.1, -0.05) is 43.7 Å². The van der Waals surface area contributed by atoms with Crippen molar-refractivity contribution in [2.45, 2.75) is 38.6 Å². The second-order valence-corrected chi connectivity index (χ2v) is 5.68. The first kappa shape index (κ1) is 17.1. The Morgan fingerprint density at radius 3 is 2.74 bits per heavy atom. The number of benzene rings is 1. The molecule has 0 fully saturated rings. The van der Waals surface area contributed by atoms with Crippen molar-refractivity contribution in [3.8, 4) is 0 Å². The third-order valence-electron chi connectivity index (χ3n) is 3.48. The summed E-state index contributed by atoms with van der Waals surface area (Å²) in [7, 11) is 0. The van der Waals surface area contributed by atoms with E-state index in [1.165, 1.54) is 0 Å². The molecule has 122 valence electrons. The topological polar surface area (TPSA) is 90.6 Å². The van der Waals surface area contributed by atoms with E-state index >= 15 is 0 Å². The zero-order chi connectivity index (χ0) is 16.7. The number of amides is 1. The number of carbonyl (C=O) groups excluding carboxylic acids is 1. The number of H-pyrrole nitrogens is 2. The van der Waals surface area contributed by atoms with Gasteiger partial charge in [0.2, 0.25) is 5.91 Å². The molecule has 0 radical (unpaired) electrons. The van der Waals surface area contributed by atoms with Gasteiger partial charge >= 0.3 is 0 Å². The van der Waals surface area contributed by atoms with Crippen LogP contribution in [0.15, 0.2) is 35.1 Å². The quantitative estimate of drug-likeness (QED) is 0.679. The molecular formula is C16H20N4O2S. The molecule has 1 aromatic heterocycles. The van der Waals surface area contributed by atoms with Gasteiger partial charge in [0.1, 0.15) is 5.69 Å². The molecule has 0 bridgehead atoms. The number of nitrogens with one attached hydrogen (secondary N) is 3. The van der Waals surface area contributed by atoms with E-state index in [2.05, 4.69) is 27.4 Å². The molecule has 1 heterocycles. The van der Waals surface area contributed by atoms with Crippen molar-refractivity contribution >= 4 is 18.1 Å². The van der Waals surface area contributed by atoms with E-state index in [0.29, 0.717) is 0 Å². The molecular weight excluding hydrogens is 312 g/mol. The molecule has 1 atom stereocenters. The van der Waals surface area contributed by atoms with Gasteiger partial charge in [-0.05, 0) is 24.2 Å². The fraction of sp³-hybridized carbons (Fsp3) is 0.375. The number of aromatic nitrogens is 3. The number of aromatic amines is 2. The van der Waals surface area contributed by atoms with E-state index in [9.17, 15) is 9.59 Å². The number of hydrogen-bond donors (Lipinski definition) is 3. The number of carbonyl (C=O) groups is 1. The molecule has 1 amide bonds. The minimum atomic E-state index is -0.352. The van der Waals surface area contributed by atoms with Gasteiger partial charge in [0.25, 0.3) is 5.56 Å². The van der Waals surface area contributed by atoms with Crippen LogP contribution in [0.5, 0.6) is 0 Å². The summed E-state index contributed by atoms with van der Waals surface area (Å²) in [5.41, 5.74) is 1.01. The zero-order valence-electron chi connectivity index (χ0n) is 13.0. The lowest BCUT2D eigenvalue weighted by Gasteiger charge is -2.18. The number of rotatable bonds is 7. The summed E-state index contributed by atoms with van der Waals surface area (Å²) in [6, 6.07) is 9.86. The summed E-state index contributed by atoms with van der Waals surface area (Å²) >= 11 is 4.78. The molecule has 0 aliphatic rings. The first-order valence-corrected chi connectivity index (χ1v) is 8.03. The highest BCUT2D eigenvalue weighted by Crippen LogP contribution is 2.18. The summed E-state index contributed by atoms with van der Waals surface area (Å²) in [4.78, 5) is 26.3. The van der Waals surface area contributed by atoms with Crippen LogP contribution in [0.1, 0.15) is 43.5 Å². The molecule has 0 aliphatic heterocycles. The van der Waals surface area contributed by atoms with Crippen molar-refractivity contribution in [1.82, 2.24) is 20.5 Å². The Hall–Kier alpha value is -2.28. The van der Waals surface area contributed by atoms with Crippen molar-refractivity contribution < 1.29 is 4.79 Å². The molecule has 0 aliphatic carbocycles. The highest BCUT2D eigenvalue weighted by atomic mass is 32.1. The Labute approximate surface area is 139 Å². The molecule has 23 heavy (non-hydrogen) atoms. The maximum Gasteiger partial charge on any atom is 0.273 e. The van der Waals surface area contributed by atoms with Crippen molar-refractivity contribution in [1.29, 1.82) is 0 Å². The number of nitrogens with zero attached hydrogens (tertiary/aromatic N) is 1. The third kappa shape index (κ3) is 5.14. The normalized spacial score (nSPS) is 11.9. The standard InChI is InChI=1S/C16H20N4O2S/c1-2-6-12(11-7-4-3-5-8-11)17-14(21)10-9-13-15(22)18-16(23)20-19-13/h3-5,7-8,12H,2,6,9-10H2,1H3,(H,17,21)(H2,18,20,22,23)/t12-/m1/s1. The van der Waals surface area contributed by atoms with E-state index < -0.39 is 0 Å². The number of hydrogen-bond acceptors (Lipinski definition) is 4. The fourth-order valence-corrected chi connectivity index (χ4v) is 2.47. The Morgan fingerprint density at radius 1 is 1.35 bits per heavy atom. The average molecular weight is 332 g/mol. The van der Waals surface area contributed by atoms with Gasteiger partial charge in [0, 0.05) is 12.8 Å². The molecule has 0 spiro atoms. The van der Waals surface area contributed by atoms with Crippen LogP contribution in [-0.4, -0.2) is 21.1 Å². The summed E-state index contributed by atoms with van der Waals surface area (Å²) in [6.45, 7) is 2.08. The van der Waals surface area contributed by atoms with E-state index in [1.54, 1.807) is 0 Å². The van der Waals surface area contributed by atoms with Gasteiger partial charge < -0.3 is 5.32 Å². The first-order chi connectivity index (χ1) is 11.1. The molecule has 6 nitrogen and oxygen atoms in total.